The maximum absolute atomic E-state index is 12.5. The minimum atomic E-state index is -3.85. The molecule has 3 amide bonds. The maximum atomic E-state index is 12.5. The number of benzene rings is 2. The van der Waals surface area contributed by atoms with E-state index in [4.69, 9.17) is 0 Å². The van der Waals surface area contributed by atoms with Crippen molar-refractivity contribution in [3.63, 3.8) is 0 Å². The number of amides is 3. The molecule has 0 saturated carbocycles. The largest absolute Gasteiger partial charge is 0.343 e. The predicted octanol–water partition coefficient (Wildman–Crippen LogP) is 2.05. The van der Waals surface area contributed by atoms with E-state index in [0.717, 1.165) is 16.9 Å². The van der Waals surface area contributed by atoms with Crippen LogP contribution in [0, 0.1) is 6.92 Å². The van der Waals surface area contributed by atoms with E-state index in [9.17, 15) is 22.8 Å². The van der Waals surface area contributed by atoms with Crippen LogP contribution in [0.15, 0.2) is 70.3 Å². The van der Waals surface area contributed by atoms with E-state index >= 15 is 0 Å². The Morgan fingerprint density at radius 1 is 0.844 bits per heavy atom. The third-order valence-electron chi connectivity index (χ3n) is 4.29. The molecule has 4 N–H and O–H groups in total. The molecule has 2 aromatic carbocycles. The van der Waals surface area contributed by atoms with Crippen LogP contribution in [0.2, 0.25) is 0 Å². The molecule has 0 saturated heterocycles. The number of nitrogens with one attached hydrogen (secondary N) is 4. The van der Waals surface area contributed by atoms with Gasteiger partial charge in [0.15, 0.2) is 0 Å². The van der Waals surface area contributed by atoms with E-state index in [1.807, 2.05) is 0 Å². The number of sulfonamides is 1. The summed E-state index contributed by atoms with van der Waals surface area (Å²) in [5, 5.41) is 4.09. The van der Waals surface area contributed by atoms with Crippen molar-refractivity contribution >= 4 is 44.8 Å². The summed E-state index contributed by atoms with van der Waals surface area (Å²) in [6.45, 7) is 1.42. The highest BCUT2D eigenvalue weighted by Crippen LogP contribution is 2.22. The lowest BCUT2D eigenvalue weighted by Crippen LogP contribution is -2.46. The van der Waals surface area contributed by atoms with E-state index in [0.29, 0.717) is 5.56 Å². The number of aryl methyl sites for hydroxylation is 1. The Kier molecular flexibility index (Phi) is 7.23. The molecule has 3 aromatic rings. The molecule has 0 aliphatic rings. The lowest BCUT2D eigenvalue weighted by Gasteiger charge is -2.13. The van der Waals surface area contributed by atoms with Crippen LogP contribution in [0.25, 0.3) is 0 Å². The SMILES string of the molecule is Cc1ccccc1C(=O)NCC(=O)NNC(=O)c1ccccc1NS(=O)(=O)c1cccs1. The van der Waals surface area contributed by atoms with Crippen LogP contribution < -0.4 is 20.9 Å². The first-order valence-corrected chi connectivity index (χ1v) is 11.7. The van der Waals surface area contributed by atoms with Gasteiger partial charge in [0.2, 0.25) is 0 Å². The summed E-state index contributed by atoms with van der Waals surface area (Å²) >= 11 is 1.04. The first kappa shape index (κ1) is 23.0. The average Bonchev–Trinajstić information content (AvgIpc) is 3.32. The molecular formula is C21H20N4O5S2. The Bertz CT molecular complexity index is 1240. The fourth-order valence-electron chi connectivity index (χ4n) is 2.70. The van der Waals surface area contributed by atoms with Gasteiger partial charge in [-0.25, -0.2) is 8.42 Å². The van der Waals surface area contributed by atoms with Crippen LogP contribution in [-0.2, 0) is 14.8 Å². The Morgan fingerprint density at radius 2 is 1.53 bits per heavy atom. The van der Waals surface area contributed by atoms with Gasteiger partial charge in [0, 0.05) is 5.56 Å². The summed E-state index contributed by atoms with van der Waals surface area (Å²) in [7, 11) is -3.85. The number of hydrogen-bond donors (Lipinski definition) is 4. The van der Waals surface area contributed by atoms with Crippen LogP contribution in [0.1, 0.15) is 26.3 Å². The van der Waals surface area contributed by atoms with E-state index in [-0.39, 0.29) is 22.0 Å². The predicted molar refractivity (Wildman–Crippen MR) is 121 cm³/mol. The Morgan fingerprint density at radius 3 is 2.22 bits per heavy atom. The van der Waals surface area contributed by atoms with Crippen LogP contribution >= 0.6 is 11.3 Å². The fourth-order valence-corrected chi connectivity index (χ4v) is 4.78. The number of hydrogen-bond acceptors (Lipinski definition) is 6. The summed E-state index contributed by atoms with van der Waals surface area (Å²) in [5.74, 6) is -1.80. The molecule has 32 heavy (non-hydrogen) atoms. The van der Waals surface area contributed by atoms with Crippen LogP contribution in [-0.4, -0.2) is 32.7 Å². The van der Waals surface area contributed by atoms with E-state index in [1.54, 1.807) is 54.8 Å². The second-order valence-electron chi connectivity index (χ2n) is 6.58. The quantitative estimate of drug-likeness (QED) is 0.391. The third-order valence-corrected chi connectivity index (χ3v) is 7.05. The second-order valence-corrected chi connectivity index (χ2v) is 9.44. The Hall–Kier alpha value is -3.70. The van der Waals surface area contributed by atoms with Crippen molar-refractivity contribution in [3.05, 3.63) is 82.7 Å². The topological polar surface area (TPSA) is 133 Å². The summed E-state index contributed by atoms with van der Waals surface area (Å²) < 4.78 is 27.4. The van der Waals surface area contributed by atoms with Gasteiger partial charge in [-0.2, -0.15) is 0 Å². The van der Waals surface area contributed by atoms with Crippen molar-refractivity contribution in [3.8, 4) is 0 Å². The summed E-state index contributed by atoms with van der Waals surface area (Å²) in [5.41, 5.74) is 5.68. The van der Waals surface area contributed by atoms with Gasteiger partial charge in [-0.1, -0.05) is 36.4 Å². The van der Waals surface area contributed by atoms with Gasteiger partial charge in [0.25, 0.3) is 27.7 Å². The zero-order valence-corrected chi connectivity index (χ0v) is 18.5. The highest BCUT2D eigenvalue weighted by molar-refractivity contribution is 7.94. The third kappa shape index (κ3) is 5.71. The van der Waals surface area contributed by atoms with Crippen molar-refractivity contribution in [1.29, 1.82) is 0 Å². The van der Waals surface area contributed by atoms with Crippen LogP contribution in [0.4, 0.5) is 5.69 Å². The van der Waals surface area contributed by atoms with Crippen molar-refractivity contribution in [2.45, 2.75) is 11.1 Å². The Balaban J connectivity index is 1.58. The summed E-state index contributed by atoms with van der Waals surface area (Å²) in [4.78, 5) is 36.7. The molecule has 9 nitrogen and oxygen atoms in total. The standard InChI is InChI=1S/C21H20N4O5S2/c1-14-7-2-3-8-15(14)20(27)22-13-18(26)23-24-21(28)16-9-4-5-10-17(16)25-32(29,30)19-11-6-12-31-19/h2-12,25H,13H2,1H3,(H,22,27)(H,23,26)(H,24,28). The second kappa shape index (κ2) is 10.1. The monoisotopic (exact) mass is 472 g/mol. The van der Waals surface area contributed by atoms with Gasteiger partial charge in [-0.3, -0.25) is 30.0 Å². The molecule has 0 spiro atoms. The first-order valence-electron chi connectivity index (χ1n) is 9.36. The zero-order chi connectivity index (χ0) is 23.1. The highest BCUT2D eigenvalue weighted by atomic mass is 32.2. The zero-order valence-electron chi connectivity index (χ0n) is 16.9. The van der Waals surface area contributed by atoms with Gasteiger partial charge in [-0.05, 0) is 42.1 Å². The normalized spacial score (nSPS) is 10.8. The maximum Gasteiger partial charge on any atom is 0.271 e. The molecule has 1 aromatic heterocycles. The van der Waals surface area contributed by atoms with Crippen molar-refractivity contribution in [1.82, 2.24) is 16.2 Å². The number of thiophene rings is 1. The minimum Gasteiger partial charge on any atom is -0.343 e. The molecule has 0 aliphatic carbocycles. The molecule has 1 heterocycles. The van der Waals surface area contributed by atoms with Gasteiger partial charge < -0.3 is 5.32 Å². The molecule has 166 valence electrons. The number of para-hydroxylation sites is 1. The van der Waals surface area contributed by atoms with E-state index in [2.05, 4.69) is 20.9 Å². The number of anilines is 1. The number of rotatable bonds is 7. The Labute approximate surface area is 188 Å². The fraction of sp³-hybridized carbons (Fsp3) is 0.0952. The van der Waals surface area contributed by atoms with Gasteiger partial charge in [0.05, 0.1) is 17.8 Å². The van der Waals surface area contributed by atoms with Crippen molar-refractivity contribution < 1.29 is 22.8 Å². The lowest BCUT2D eigenvalue weighted by atomic mass is 10.1. The summed E-state index contributed by atoms with van der Waals surface area (Å²) in [6, 6.07) is 16.0. The number of carbonyl (C=O) groups excluding carboxylic acids is 3. The van der Waals surface area contributed by atoms with Crippen molar-refractivity contribution in [2.75, 3.05) is 11.3 Å². The number of hydrazine groups is 1. The van der Waals surface area contributed by atoms with Gasteiger partial charge >= 0.3 is 0 Å². The van der Waals surface area contributed by atoms with E-state index < -0.39 is 27.7 Å². The molecule has 0 fully saturated rings. The van der Waals surface area contributed by atoms with Crippen molar-refractivity contribution in [2.24, 2.45) is 0 Å². The van der Waals surface area contributed by atoms with Gasteiger partial charge in [0.1, 0.15) is 4.21 Å². The molecule has 3 rings (SSSR count). The molecule has 0 bridgehead atoms. The lowest BCUT2D eigenvalue weighted by molar-refractivity contribution is -0.120. The van der Waals surface area contributed by atoms with E-state index in [1.165, 1.54) is 18.2 Å². The molecule has 0 aliphatic heterocycles. The molecular weight excluding hydrogens is 452 g/mol. The molecule has 0 unspecified atom stereocenters. The smallest absolute Gasteiger partial charge is 0.271 e. The minimum absolute atomic E-state index is 0.0110. The average molecular weight is 473 g/mol. The molecule has 11 heteroatoms. The molecule has 0 radical (unpaired) electrons. The van der Waals surface area contributed by atoms with Crippen LogP contribution in [0.5, 0.6) is 0 Å². The van der Waals surface area contributed by atoms with Gasteiger partial charge in [-0.15, -0.1) is 11.3 Å². The number of carbonyl (C=O) groups is 3. The highest BCUT2D eigenvalue weighted by Gasteiger charge is 2.19. The first-order chi connectivity index (χ1) is 15.3. The molecule has 0 atom stereocenters. The summed E-state index contributed by atoms with van der Waals surface area (Å²) in [6.07, 6.45) is 0. The van der Waals surface area contributed by atoms with Crippen LogP contribution in [0.3, 0.4) is 0 Å².